The summed E-state index contributed by atoms with van der Waals surface area (Å²) in [5, 5.41) is 3.16. The number of nitrogens with one attached hydrogen (secondary N) is 1. The Labute approximate surface area is 169 Å². The number of piperazine rings is 1. The standard InChI is InChI=1S/C22H35N3O3/c1-17(2)5-4-6-18(3)23-22(26)15-25-11-9-24(10-12-25)14-19-7-8-20-21(13-19)28-16-27-20/h7-8,13,17-18H,4-6,9-12,14-16H2,1-3H3,(H,23,26)/t18-/m1/s1. The maximum Gasteiger partial charge on any atom is 0.234 e. The summed E-state index contributed by atoms with van der Waals surface area (Å²) >= 11 is 0. The number of fused-ring (bicyclic) bond motifs is 1. The number of amides is 1. The molecule has 1 aromatic carbocycles. The molecular formula is C22H35N3O3. The minimum atomic E-state index is 0.154. The van der Waals surface area contributed by atoms with Crippen LogP contribution in [-0.4, -0.2) is 61.3 Å². The molecule has 2 heterocycles. The van der Waals surface area contributed by atoms with Crippen molar-refractivity contribution in [2.24, 2.45) is 5.92 Å². The van der Waals surface area contributed by atoms with Crippen LogP contribution in [0.1, 0.15) is 45.6 Å². The third-order valence-corrected chi connectivity index (χ3v) is 5.50. The zero-order valence-corrected chi connectivity index (χ0v) is 17.6. The van der Waals surface area contributed by atoms with Crippen LogP contribution in [0.2, 0.25) is 0 Å². The van der Waals surface area contributed by atoms with Crippen molar-refractivity contribution < 1.29 is 14.3 Å². The Morgan fingerprint density at radius 1 is 1.04 bits per heavy atom. The maximum atomic E-state index is 12.3. The monoisotopic (exact) mass is 389 g/mol. The summed E-state index contributed by atoms with van der Waals surface area (Å²) in [4.78, 5) is 17.0. The first-order valence-corrected chi connectivity index (χ1v) is 10.6. The maximum absolute atomic E-state index is 12.3. The molecule has 0 unspecified atom stereocenters. The van der Waals surface area contributed by atoms with E-state index in [2.05, 4.69) is 48.0 Å². The largest absolute Gasteiger partial charge is 0.454 e. The minimum Gasteiger partial charge on any atom is -0.454 e. The van der Waals surface area contributed by atoms with E-state index in [1.54, 1.807) is 0 Å². The fraction of sp³-hybridized carbons (Fsp3) is 0.682. The third-order valence-electron chi connectivity index (χ3n) is 5.50. The molecule has 6 heteroatoms. The van der Waals surface area contributed by atoms with Crippen molar-refractivity contribution in [1.29, 1.82) is 0 Å². The van der Waals surface area contributed by atoms with Gasteiger partial charge in [-0.15, -0.1) is 0 Å². The molecule has 6 nitrogen and oxygen atoms in total. The summed E-state index contributed by atoms with van der Waals surface area (Å²) in [7, 11) is 0. The molecular weight excluding hydrogens is 354 g/mol. The normalized spacial score (nSPS) is 18.4. The van der Waals surface area contributed by atoms with Gasteiger partial charge in [-0.3, -0.25) is 14.6 Å². The van der Waals surface area contributed by atoms with E-state index in [1.807, 2.05) is 6.07 Å². The van der Waals surface area contributed by atoms with Gasteiger partial charge in [0.25, 0.3) is 0 Å². The van der Waals surface area contributed by atoms with E-state index in [9.17, 15) is 4.79 Å². The fourth-order valence-corrected chi connectivity index (χ4v) is 3.83. The summed E-state index contributed by atoms with van der Waals surface area (Å²) in [5.74, 6) is 2.56. The molecule has 156 valence electrons. The Balaban J connectivity index is 1.34. The Morgan fingerprint density at radius 3 is 2.50 bits per heavy atom. The van der Waals surface area contributed by atoms with E-state index in [0.717, 1.165) is 56.6 Å². The van der Waals surface area contributed by atoms with Gasteiger partial charge in [-0.2, -0.15) is 0 Å². The molecule has 2 aliphatic heterocycles. The van der Waals surface area contributed by atoms with Gasteiger partial charge in [-0.05, 0) is 37.0 Å². The molecule has 3 rings (SSSR count). The third kappa shape index (κ3) is 6.38. The average molecular weight is 390 g/mol. The number of carbonyl (C=O) groups is 1. The summed E-state index contributed by atoms with van der Waals surface area (Å²) in [5.41, 5.74) is 1.24. The predicted molar refractivity (Wildman–Crippen MR) is 111 cm³/mol. The van der Waals surface area contributed by atoms with Gasteiger partial charge < -0.3 is 14.8 Å². The second-order valence-corrected chi connectivity index (χ2v) is 8.53. The van der Waals surface area contributed by atoms with Gasteiger partial charge >= 0.3 is 0 Å². The number of hydrogen-bond acceptors (Lipinski definition) is 5. The molecule has 0 aromatic heterocycles. The van der Waals surface area contributed by atoms with E-state index in [4.69, 9.17) is 9.47 Å². The quantitative estimate of drug-likeness (QED) is 0.704. The van der Waals surface area contributed by atoms with Crippen LogP contribution in [0.5, 0.6) is 11.5 Å². The van der Waals surface area contributed by atoms with Crippen molar-refractivity contribution >= 4 is 5.91 Å². The topological polar surface area (TPSA) is 54.0 Å². The summed E-state index contributed by atoms with van der Waals surface area (Å²) in [6, 6.07) is 6.43. The summed E-state index contributed by atoms with van der Waals surface area (Å²) in [6.07, 6.45) is 3.47. The first-order chi connectivity index (χ1) is 13.5. The van der Waals surface area contributed by atoms with Gasteiger partial charge in [0.05, 0.1) is 6.54 Å². The van der Waals surface area contributed by atoms with E-state index < -0.39 is 0 Å². The molecule has 1 atom stereocenters. The highest BCUT2D eigenvalue weighted by atomic mass is 16.7. The molecule has 0 saturated carbocycles. The highest BCUT2D eigenvalue weighted by molar-refractivity contribution is 5.78. The van der Waals surface area contributed by atoms with Crippen LogP contribution in [0, 0.1) is 5.92 Å². The Morgan fingerprint density at radius 2 is 1.75 bits per heavy atom. The van der Waals surface area contributed by atoms with Crippen molar-refractivity contribution in [3.05, 3.63) is 23.8 Å². The van der Waals surface area contributed by atoms with Crippen molar-refractivity contribution in [1.82, 2.24) is 15.1 Å². The lowest BCUT2D eigenvalue weighted by atomic mass is 10.0. The number of benzene rings is 1. The number of nitrogens with zero attached hydrogens (tertiary/aromatic N) is 2. The zero-order valence-electron chi connectivity index (χ0n) is 17.6. The van der Waals surface area contributed by atoms with Gasteiger partial charge in [-0.25, -0.2) is 0 Å². The van der Waals surface area contributed by atoms with Crippen LogP contribution in [0.4, 0.5) is 0 Å². The molecule has 2 aliphatic rings. The van der Waals surface area contributed by atoms with Gasteiger partial charge in [0.2, 0.25) is 12.7 Å². The van der Waals surface area contributed by atoms with Crippen LogP contribution in [0.3, 0.4) is 0 Å². The highest BCUT2D eigenvalue weighted by Crippen LogP contribution is 2.32. The fourth-order valence-electron chi connectivity index (χ4n) is 3.83. The summed E-state index contributed by atoms with van der Waals surface area (Å²) < 4.78 is 10.8. The molecule has 1 N–H and O–H groups in total. The number of ether oxygens (including phenoxy) is 2. The van der Waals surface area contributed by atoms with Gasteiger partial charge in [-0.1, -0.05) is 32.8 Å². The number of carbonyl (C=O) groups excluding carboxylic acids is 1. The van der Waals surface area contributed by atoms with E-state index in [-0.39, 0.29) is 11.9 Å². The van der Waals surface area contributed by atoms with Crippen molar-refractivity contribution in [3.8, 4) is 11.5 Å². The SMILES string of the molecule is CC(C)CCC[C@@H](C)NC(=O)CN1CCN(Cc2ccc3c(c2)OCO3)CC1. The van der Waals surface area contributed by atoms with Crippen molar-refractivity contribution in [2.75, 3.05) is 39.5 Å². The molecule has 1 aromatic rings. The van der Waals surface area contributed by atoms with Gasteiger partial charge in [0, 0.05) is 38.8 Å². The molecule has 1 fully saturated rings. The Hall–Kier alpha value is -1.79. The molecule has 0 radical (unpaired) electrons. The highest BCUT2D eigenvalue weighted by Gasteiger charge is 2.21. The first kappa shape index (κ1) is 20.9. The van der Waals surface area contributed by atoms with E-state index >= 15 is 0 Å². The van der Waals surface area contributed by atoms with E-state index in [1.165, 1.54) is 18.4 Å². The minimum absolute atomic E-state index is 0.154. The Bertz CT molecular complexity index is 642. The molecule has 0 bridgehead atoms. The van der Waals surface area contributed by atoms with Gasteiger partial charge in [0.15, 0.2) is 11.5 Å². The van der Waals surface area contributed by atoms with Crippen LogP contribution in [-0.2, 0) is 11.3 Å². The lowest BCUT2D eigenvalue weighted by Gasteiger charge is -2.34. The molecule has 28 heavy (non-hydrogen) atoms. The van der Waals surface area contributed by atoms with Crippen LogP contribution >= 0.6 is 0 Å². The molecule has 0 spiro atoms. The molecule has 1 amide bonds. The van der Waals surface area contributed by atoms with Crippen LogP contribution in [0.15, 0.2) is 18.2 Å². The lowest BCUT2D eigenvalue weighted by Crippen LogP contribution is -2.49. The zero-order chi connectivity index (χ0) is 19.9. The Kier molecular flexibility index (Phi) is 7.57. The second-order valence-electron chi connectivity index (χ2n) is 8.53. The molecule has 1 saturated heterocycles. The van der Waals surface area contributed by atoms with Crippen molar-refractivity contribution in [3.63, 3.8) is 0 Å². The predicted octanol–water partition coefficient (Wildman–Crippen LogP) is 2.86. The lowest BCUT2D eigenvalue weighted by molar-refractivity contribution is -0.123. The first-order valence-electron chi connectivity index (χ1n) is 10.6. The van der Waals surface area contributed by atoms with E-state index in [0.29, 0.717) is 13.3 Å². The second kappa shape index (κ2) is 10.1. The smallest absolute Gasteiger partial charge is 0.234 e. The summed E-state index contributed by atoms with van der Waals surface area (Å²) in [6.45, 7) is 12.1. The van der Waals surface area contributed by atoms with Crippen molar-refractivity contribution in [2.45, 2.75) is 52.6 Å². The van der Waals surface area contributed by atoms with Crippen LogP contribution in [0.25, 0.3) is 0 Å². The van der Waals surface area contributed by atoms with Crippen LogP contribution < -0.4 is 14.8 Å². The molecule has 0 aliphatic carbocycles. The number of rotatable bonds is 9. The van der Waals surface area contributed by atoms with Gasteiger partial charge in [0.1, 0.15) is 0 Å². The number of hydrogen-bond donors (Lipinski definition) is 1. The average Bonchev–Trinajstić information content (AvgIpc) is 3.10.